The molecule has 1 unspecified atom stereocenters. The van der Waals surface area contributed by atoms with E-state index in [1.165, 1.54) is 17.0 Å². The second-order valence-electron chi connectivity index (χ2n) is 9.87. The summed E-state index contributed by atoms with van der Waals surface area (Å²) < 4.78 is 26.4. The maximum absolute atomic E-state index is 13.5. The van der Waals surface area contributed by atoms with Crippen molar-refractivity contribution < 1.29 is 22.8 Å². The van der Waals surface area contributed by atoms with Gasteiger partial charge < -0.3 is 10.2 Å². The molecule has 37 heavy (non-hydrogen) atoms. The maximum atomic E-state index is 13.5. The zero-order valence-electron chi connectivity index (χ0n) is 21.3. The number of benzene rings is 2. The molecule has 1 aliphatic heterocycles. The lowest BCUT2D eigenvalue weighted by Gasteiger charge is -2.33. The zero-order valence-corrected chi connectivity index (χ0v) is 23.6. The Kier molecular flexibility index (Phi) is 8.93. The van der Waals surface area contributed by atoms with Gasteiger partial charge in [0.15, 0.2) is 0 Å². The number of sulfonamides is 1. The Bertz CT molecular complexity index is 1290. The number of carbonyl (C=O) groups is 3. The molecule has 0 aliphatic carbocycles. The third kappa shape index (κ3) is 6.45. The van der Waals surface area contributed by atoms with Crippen LogP contribution in [0.5, 0.6) is 0 Å². The molecule has 1 N–H and O–H groups in total. The van der Waals surface area contributed by atoms with Gasteiger partial charge in [-0.2, -0.15) is 0 Å². The average Bonchev–Trinajstić information content (AvgIpc) is 3.00. The lowest BCUT2D eigenvalue weighted by molar-refractivity contribution is -0.142. The Labute approximate surface area is 228 Å². The van der Waals surface area contributed by atoms with Crippen LogP contribution in [0, 0.1) is 0 Å². The van der Waals surface area contributed by atoms with Crippen LogP contribution in [-0.4, -0.2) is 53.5 Å². The number of fused-ring (bicyclic) bond motifs is 1. The van der Waals surface area contributed by atoms with E-state index in [0.717, 1.165) is 4.31 Å². The first-order chi connectivity index (χ1) is 17.3. The Morgan fingerprint density at radius 2 is 1.68 bits per heavy atom. The topological polar surface area (TPSA) is 104 Å². The van der Waals surface area contributed by atoms with E-state index in [9.17, 15) is 22.8 Å². The van der Waals surface area contributed by atoms with Gasteiger partial charge in [-0.15, -0.1) is 0 Å². The Morgan fingerprint density at radius 3 is 2.24 bits per heavy atom. The first-order valence-electron chi connectivity index (χ1n) is 12.0. The van der Waals surface area contributed by atoms with E-state index in [0.29, 0.717) is 22.0 Å². The van der Waals surface area contributed by atoms with Gasteiger partial charge in [0, 0.05) is 40.7 Å². The molecule has 8 nitrogen and oxygen atoms in total. The van der Waals surface area contributed by atoms with Crippen LogP contribution in [0.2, 0.25) is 10.0 Å². The largest absolute Gasteiger partial charge is 0.350 e. The van der Waals surface area contributed by atoms with Crippen molar-refractivity contribution in [2.75, 3.05) is 6.54 Å². The summed E-state index contributed by atoms with van der Waals surface area (Å²) in [5.74, 6) is -1.31. The molecule has 1 heterocycles. The van der Waals surface area contributed by atoms with Gasteiger partial charge in [0.1, 0.15) is 10.9 Å². The smallest absolute Gasteiger partial charge is 0.269 e. The fraction of sp³-hybridized carbons (Fsp3) is 0.423. The zero-order chi connectivity index (χ0) is 27.5. The minimum atomic E-state index is -3.97. The second-order valence-corrected chi connectivity index (χ2v) is 12.5. The molecule has 1 aliphatic rings. The lowest BCUT2D eigenvalue weighted by Crippen LogP contribution is -2.53. The quantitative estimate of drug-likeness (QED) is 0.475. The molecule has 0 spiro atoms. The van der Waals surface area contributed by atoms with Gasteiger partial charge >= 0.3 is 0 Å². The van der Waals surface area contributed by atoms with Crippen LogP contribution in [0.3, 0.4) is 0 Å². The Hall–Kier alpha value is -2.62. The van der Waals surface area contributed by atoms with Gasteiger partial charge in [-0.3, -0.25) is 14.4 Å². The van der Waals surface area contributed by atoms with Gasteiger partial charge in [-0.05, 0) is 57.9 Å². The summed E-state index contributed by atoms with van der Waals surface area (Å²) in [4.78, 5) is 40.7. The van der Waals surface area contributed by atoms with Crippen LogP contribution in [0.25, 0.3) is 0 Å². The number of rotatable bonds is 9. The van der Waals surface area contributed by atoms with Crippen LogP contribution in [0.4, 0.5) is 0 Å². The molecule has 0 fully saturated rings. The summed E-state index contributed by atoms with van der Waals surface area (Å²) in [5.41, 5.74) is 0.114. The van der Waals surface area contributed by atoms with Gasteiger partial charge in [-0.1, -0.05) is 48.3 Å². The number of nitrogens with zero attached hydrogens (tertiary/aromatic N) is 2. The first-order valence-corrected chi connectivity index (χ1v) is 14.2. The molecular formula is C26H31Cl2N3O5S. The Balaban J connectivity index is 1.81. The standard InChI is InChI=1S/C26H31Cl2N3O5S/c1-5-21(24(33)29-26(2,3)4)30(16-18-19(27)11-8-12-20(18)28)23(32)14-9-15-31-25(34)17-10-6-7-13-22(17)37(31,35)36/h6-8,10-13,21H,5,9,14-16H2,1-4H3,(H,29,33). The van der Waals surface area contributed by atoms with Crippen molar-refractivity contribution in [3.63, 3.8) is 0 Å². The van der Waals surface area contributed by atoms with Crippen LogP contribution >= 0.6 is 23.2 Å². The first kappa shape index (κ1) is 28.9. The van der Waals surface area contributed by atoms with E-state index in [2.05, 4.69) is 5.32 Å². The number of amides is 3. The predicted molar refractivity (Wildman–Crippen MR) is 143 cm³/mol. The lowest BCUT2D eigenvalue weighted by atomic mass is 10.0. The van der Waals surface area contributed by atoms with Crippen molar-refractivity contribution in [2.24, 2.45) is 0 Å². The molecule has 11 heteroatoms. The van der Waals surface area contributed by atoms with E-state index < -0.39 is 27.5 Å². The van der Waals surface area contributed by atoms with Crippen molar-refractivity contribution in [3.05, 3.63) is 63.6 Å². The van der Waals surface area contributed by atoms with Gasteiger partial charge in [0.05, 0.1) is 5.56 Å². The summed E-state index contributed by atoms with van der Waals surface area (Å²) >= 11 is 12.7. The molecule has 0 radical (unpaired) electrons. The summed E-state index contributed by atoms with van der Waals surface area (Å²) in [6.45, 7) is 7.18. The fourth-order valence-electron chi connectivity index (χ4n) is 4.20. The minimum absolute atomic E-state index is 0.000204. The average molecular weight is 569 g/mol. The maximum Gasteiger partial charge on any atom is 0.269 e. The van der Waals surface area contributed by atoms with Gasteiger partial charge in [0.25, 0.3) is 15.9 Å². The molecule has 3 rings (SSSR count). The van der Waals surface area contributed by atoms with Crippen molar-refractivity contribution in [3.8, 4) is 0 Å². The van der Waals surface area contributed by atoms with Crippen LogP contribution in [0.1, 0.15) is 62.9 Å². The molecule has 2 aromatic carbocycles. The summed E-state index contributed by atoms with van der Waals surface area (Å²) in [7, 11) is -3.97. The number of halogens is 2. The number of carbonyl (C=O) groups excluding carboxylic acids is 3. The molecule has 0 saturated carbocycles. The van der Waals surface area contributed by atoms with Crippen molar-refractivity contribution in [1.29, 1.82) is 0 Å². The highest BCUT2D eigenvalue weighted by atomic mass is 35.5. The molecule has 0 saturated heterocycles. The normalized spacial score (nSPS) is 15.3. The minimum Gasteiger partial charge on any atom is -0.350 e. The highest BCUT2D eigenvalue weighted by molar-refractivity contribution is 7.90. The van der Waals surface area contributed by atoms with Crippen LogP contribution in [-0.2, 0) is 26.2 Å². The predicted octanol–water partition coefficient (Wildman–Crippen LogP) is 4.64. The molecule has 3 amide bonds. The summed E-state index contributed by atoms with van der Waals surface area (Å²) in [6, 6.07) is 10.2. The van der Waals surface area contributed by atoms with Crippen molar-refractivity contribution in [2.45, 2.75) is 70.0 Å². The molecule has 0 aromatic heterocycles. The molecule has 200 valence electrons. The number of hydrogen-bond acceptors (Lipinski definition) is 5. The third-order valence-corrected chi connectivity index (χ3v) is 8.49. The van der Waals surface area contributed by atoms with E-state index in [1.807, 2.05) is 20.8 Å². The molecule has 1 atom stereocenters. The highest BCUT2D eigenvalue weighted by Crippen LogP contribution is 2.31. The van der Waals surface area contributed by atoms with Crippen LogP contribution < -0.4 is 5.32 Å². The summed E-state index contributed by atoms with van der Waals surface area (Å²) in [5, 5.41) is 3.64. The van der Waals surface area contributed by atoms with Gasteiger partial charge in [0.2, 0.25) is 11.8 Å². The number of hydrogen-bond donors (Lipinski definition) is 1. The van der Waals surface area contributed by atoms with E-state index >= 15 is 0 Å². The summed E-state index contributed by atoms with van der Waals surface area (Å²) in [6.07, 6.45) is 0.336. The second kappa shape index (κ2) is 11.4. The molecule has 0 bridgehead atoms. The molecular weight excluding hydrogens is 537 g/mol. The van der Waals surface area contributed by atoms with Crippen LogP contribution in [0.15, 0.2) is 47.4 Å². The Morgan fingerprint density at radius 1 is 1.05 bits per heavy atom. The number of nitrogens with one attached hydrogen (secondary N) is 1. The monoisotopic (exact) mass is 567 g/mol. The third-order valence-electron chi connectivity index (χ3n) is 5.94. The molecule has 2 aromatic rings. The van der Waals surface area contributed by atoms with E-state index in [1.54, 1.807) is 37.3 Å². The van der Waals surface area contributed by atoms with E-state index in [4.69, 9.17) is 23.2 Å². The van der Waals surface area contributed by atoms with Crippen molar-refractivity contribution in [1.82, 2.24) is 14.5 Å². The SMILES string of the molecule is CCC(C(=O)NC(C)(C)C)N(Cc1c(Cl)cccc1Cl)C(=O)CCCN1C(=O)c2ccccc2S1(=O)=O. The fourth-order valence-corrected chi connectivity index (χ4v) is 6.32. The van der Waals surface area contributed by atoms with Crippen molar-refractivity contribution >= 4 is 50.9 Å². The highest BCUT2D eigenvalue weighted by Gasteiger charge is 2.40. The van der Waals surface area contributed by atoms with E-state index in [-0.39, 0.29) is 48.2 Å². The van der Waals surface area contributed by atoms with Gasteiger partial charge in [-0.25, -0.2) is 12.7 Å².